The van der Waals surface area contributed by atoms with Gasteiger partial charge in [0.25, 0.3) is 0 Å². The number of rotatable bonds is 7. The molecule has 1 rings (SSSR count). The molecule has 0 fully saturated rings. The summed E-state index contributed by atoms with van der Waals surface area (Å²) in [6.45, 7) is 10.8. The summed E-state index contributed by atoms with van der Waals surface area (Å²) in [5.41, 5.74) is 1.88. The molecule has 0 saturated carbocycles. The molecule has 5 heteroatoms. The summed E-state index contributed by atoms with van der Waals surface area (Å²) < 4.78 is 7.24. The average molecular weight is 274 g/mol. The van der Waals surface area contributed by atoms with Gasteiger partial charge < -0.3 is 10.1 Å². The lowest BCUT2D eigenvalue weighted by Gasteiger charge is -2.19. The number of halogens is 1. The number of ether oxygens (including phenoxy) is 1. The maximum Gasteiger partial charge on any atom is 0.0880 e. The lowest BCUT2D eigenvalue weighted by Crippen LogP contribution is -2.31. The van der Waals surface area contributed by atoms with Gasteiger partial charge in [-0.1, -0.05) is 25.4 Å². The second-order valence-electron chi connectivity index (χ2n) is 5.09. The van der Waals surface area contributed by atoms with Crippen LogP contribution in [0.15, 0.2) is 0 Å². The molecule has 0 spiro atoms. The lowest BCUT2D eigenvalue weighted by molar-refractivity contribution is 0.146. The van der Waals surface area contributed by atoms with Crippen molar-refractivity contribution in [1.29, 1.82) is 0 Å². The Labute approximate surface area is 115 Å². The molecule has 18 heavy (non-hydrogen) atoms. The third-order valence-corrected chi connectivity index (χ3v) is 3.42. The average Bonchev–Trinajstić information content (AvgIpc) is 2.55. The fourth-order valence-corrected chi connectivity index (χ4v) is 2.07. The first-order chi connectivity index (χ1) is 8.47. The standard InChI is InChI=1S/C13H24ClN3O/c1-9(2)6-15-7-12(8-18-5)17-11(4)13(14)10(3)16-17/h9,12,15H,6-8H2,1-5H3. The molecule has 1 unspecified atom stereocenters. The smallest absolute Gasteiger partial charge is 0.0880 e. The number of hydrogen-bond donors (Lipinski definition) is 1. The van der Waals surface area contributed by atoms with Crippen LogP contribution in [0.1, 0.15) is 31.3 Å². The lowest BCUT2D eigenvalue weighted by atomic mass is 10.2. The van der Waals surface area contributed by atoms with Crippen molar-refractivity contribution < 1.29 is 4.74 Å². The van der Waals surface area contributed by atoms with E-state index in [0.29, 0.717) is 12.5 Å². The monoisotopic (exact) mass is 273 g/mol. The summed E-state index contributed by atoms with van der Waals surface area (Å²) >= 11 is 6.18. The summed E-state index contributed by atoms with van der Waals surface area (Å²) in [6, 6.07) is 0.181. The maximum atomic E-state index is 6.18. The zero-order valence-corrected chi connectivity index (χ0v) is 12.7. The number of aryl methyl sites for hydroxylation is 1. The number of methoxy groups -OCH3 is 1. The van der Waals surface area contributed by atoms with E-state index in [4.69, 9.17) is 16.3 Å². The van der Waals surface area contributed by atoms with Crippen LogP contribution in [0.2, 0.25) is 5.02 Å². The molecule has 0 aromatic carbocycles. The fraction of sp³-hybridized carbons (Fsp3) is 0.769. The Bertz CT molecular complexity index is 377. The maximum absolute atomic E-state index is 6.18. The molecule has 0 aliphatic rings. The van der Waals surface area contributed by atoms with E-state index < -0.39 is 0 Å². The van der Waals surface area contributed by atoms with Crippen LogP contribution in [-0.4, -0.2) is 36.6 Å². The molecule has 1 heterocycles. The van der Waals surface area contributed by atoms with Crippen LogP contribution >= 0.6 is 11.6 Å². The molecule has 0 saturated heterocycles. The summed E-state index contributed by atoms with van der Waals surface area (Å²) in [5.74, 6) is 0.636. The summed E-state index contributed by atoms with van der Waals surface area (Å²) in [7, 11) is 1.71. The Morgan fingerprint density at radius 3 is 2.44 bits per heavy atom. The number of nitrogens with zero attached hydrogens (tertiary/aromatic N) is 2. The van der Waals surface area contributed by atoms with Crippen LogP contribution in [-0.2, 0) is 4.74 Å². The first kappa shape index (κ1) is 15.5. The third kappa shape index (κ3) is 3.97. The first-order valence-electron chi connectivity index (χ1n) is 6.38. The molecule has 0 aliphatic carbocycles. The minimum Gasteiger partial charge on any atom is -0.382 e. The topological polar surface area (TPSA) is 39.1 Å². The quantitative estimate of drug-likeness (QED) is 0.830. The molecule has 104 valence electrons. The van der Waals surface area contributed by atoms with Gasteiger partial charge >= 0.3 is 0 Å². The molecule has 1 N–H and O–H groups in total. The van der Waals surface area contributed by atoms with E-state index in [-0.39, 0.29) is 6.04 Å². The van der Waals surface area contributed by atoms with E-state index in [9.17, 15) is 0 Å². The third-order valence-electron chi connectivity index (χ3n) is 2.87. The van der Waals surface area contributed by atoms with Gasteiger partial charge in [-0.25, -0.2) is 0 Å². The summed E-state index contributed by atoms with van der Waals surface area (Å²) in [5, 5.41) is 8.68. The van der Waals surface area contributed by atoms with Crippen molar-refractivity contribution in [3.8, 4) is 0 Å². The van der Waals surface area contributed by atoms with E-state index in [0.717, 1.165) is 29.5 Å². The minimum atomic E-state index is 0.181. The van der Waals surface area contributed by atoms with Crippen molar-refractivity contribution in [2.75, 3.05) is 26.8 Å². The van der Waals surface area contributed by atoms with Gasteiger partial charge in [-0.3, -0.25) is 4.68 Å². The van der Waals surface area contributed by atoms with Crippen LogP contribution in [0.3, 0.4) is 0 Å². The second kappa shape index (κ2) is 7.12. The normalized spacial score (nSPS) is 13.3. The van der Waals surface area contributed by atoms with Crippen LogP contribution in [0, 0.1) is 19.8 Å². The predicted molar refractivity (Wildman–Crippen MR) is 75.3 cm³/mol. The molecule has 0 bridgehead atoms. The van der Waals surface area contributed by atoms with E-state index in [1.165, 1.54) is 0 Å². The Morgan fingerprint density at radius 2 is 2.00 bits per heavy atom. The van der Waals surface area contributed by atoms with Gasteiger partial charge in [0.2, 0.25) is 0 Å². The van der Waals surface area contributed by atoms with E-state index in [1.54, 1.807) is 7.11 Å². The molecule has 0 radical (unpaired) electrons. The zero-order chi connectivity index (χ0) is 13.7. The number of aromatic nitrogens is 2. The van der Waals surface area contributed by atoms with Gasteiger partial charge in [0, 0.05) is 13.7 Å². The van der Waals surface area contributed by atoms with Crippen LogP contribution in [0.25, 0.3) is 0 Å². The van der Waals surface area contributed by atoms with Crippen molar-refractivity contribution >= 4 is 11.6 Å². The van der Waals surface area contributed by atoms with E-state index >= 15 is 0 Å². The molecule has 1 aromatic heterocycles. The second-order valence-corrected chi connectivity index (χ2v) is 5.47. The number of nitrogens with one attached hydrogen (secondary N) is 1. The Morgan fingerprint density at radius 1 is 1.33 bits per heavy atom. The SMILES string of the molecule is COCC(CNCC(C)C)n1nc(C)c(Cl)c1C. The Hall–Kier alpha value is -0.580. The minimum absolute atomic E-state index is 0.181. The molecule has 1 aromatic rings. The molecular weight excluding hydrogens is 250 g/mol. The van der Waals surface area contributed by atoms with Crippen LogP contribution in [0.4, 0.5) is 0 Å². The van der Waals surface area contributed by atoms with Crippen molar-refractivity contribution in [2.45, 2.75) is 33.7 Å². The van der Waals surface area contributed by atoms with Gasteiger partial charge in [-0.15, -0.1) is 0 Å². The van der Waals surface area contributed by atoms with Crippen LogP contribution in [0.5, 0.6) is 0 Å². The van der Waals surface area contributed by atoms with Gasteiger partial charge in [0.05, 0.1) is 29.1 Å². The van der Waals surface area contributed by atoms with Gasteiger partial charge in [0.15, 0.2) is 0 Å². The predicted octanol–water partition coefficient (Wildman–Crippen LogP) is 2.59. The van der Waals surface area contributed by atoms with Gasteiger partial charge in [0.1, 0.15) is 0 Å². The Balaban J connectivity index is 2.74. The van der Waals surface area contributed by atoms with Gasteiger partial charge in [-0.2, -0.15) is 5.10 Å². The molecule has 0 amide bonds. The molecule has 4 nitrogen and oxygen atoms in total. The van der Waals surface area contributed by atoms with E-state index in [1.807, 2.05) is 18.5 Å². The molecule has 0 aliphatic heterocycles. The van der Waals surface area contributed by atoms with Gasteiger partial charge in [-0.05, 0) is 26.3 Å². The highest BCUT2D eigenvalue weighted by atomic mass is 35.5. The van der Waals surface area contributed by atoms with Crippen molar-refractivity contribution in [3.63, 3.8) is 0 Å². The van der Waals surface area contributed by atoms with E-state index in [2.05, 4.69) is 24.3 Å². The Kier molecular flexibility index (Phi) is 6.12. The fourth-order valence-electron chi connectivity index (χ4n) is 1.95. The number of hydrogen-bond acceptors (Lipinski definition) is 3. The highest BCUT2D eigenvalue weighted by Gasteiger charge is 2.17. The van der Waals surface area contributed by atoms with Crippen LogP contribution < -0.4 is 5.32 Å². The van der Waals surface area contributed by atoms with Crippen molar-refractivity contribution in [1.82, 2.24) is 15.1 Å². The zero-order valence-electron chi connectivity index (χ0n) is 12.0. The summed E-state index contributed by atoms with van der Waals surface area (Å²) in [6.07, 6.45) is 0. The van der Waals surface area contributed by atoms with Crippen molar-refractivity contribution in [2.24, 2.45) is 5.92 Å². The highest BCUT2D eigenvalue weighted by molar-refractivity contribution is 6.31. The summed E-state index contributed by atoms with van der Waals surface area (Å²) in [4.78, 5) is 0. The largest absolute Gasteiger partial charge is 0.382 e. The first-order valence-corrected chi connectivity index (χ1v) is 6.76. The molecular formula is C13H24ClN3O. The molecule has 1 atom stereocenters. The highest BCUT2D eigenvalue weighted by Crippen LogP contribution is 2.22. The van der Waals surface area contributed by atoms with Crippen molar-refractivity contribution in [3.05, 3.63) is 16.4 Å².